The molecule has 1 atom stereocenters. The number of rotatable bonds is 1. The van der Waals surface area contributed by atoms with E-state index in [1.165, 1.54) is 45.5 Å². The molecule has 5 aromatic carbocycles. The Morgan fingerprint density at radius 2 is 1.49 bits per heavy atom. The third kappa shape index (κ3) is 3.72. The van der Waals surface area contributed by atoms with Crippen molar-refractivity contribution in [3.05, 3.63) is 108 Å². The average molecular weight is 458 g/mol. The first-order chi connectivity index (χ1) is 17.1. The zero-order valence-electron chi connectivity index (χ0n) is 19.4. The third-order valence-electron chi connectivity index (χ3n) is 7.21. The number of nitrogens with two attached hydrogens (primary N) is 2. The molecule has 7 rings (SSSR count). The Balaban J connectivity index is 0.000000133. The molecule has 0 fully saturated rings. The van der Waals surface area contributed by atoms with Crippen molar-refractivity contribution in [2.24, 2.45) is 11.5 Å². The Morgan fingerprint density at radius 3 is 2.34 bits per heavy atom. The maximum absolute atomic E-state index is 11.1. The zero-order valence-corrected chi connectivity index (χ0v) is 19.4. The van der Waals surface area contributed by atoms with Crippen molar-refractivity contribution in [3.63, 3.8) is 0 Å². The number of hydrogen-bond acceptors (Lipinski definition) is 2. The smallest absolute Gasteiger partial charge is 0.248 e. The summed E-state index contributed by atoms with van der Waals surface area (Å²) >= 11 is 0. The second-order valence-corrected chi connectivity index (χ2v) is 9.31. The number of carbonyl (C=O) groups excluding carboxylic acids is 1. The number of aryl methyl sites for hydroxylation is 1. The van der Waals surface area contributed by atoms with Gasteiger partial charge in [-0.05, 0) is 76.2 Å². The average Bonchev–Trinajstić information content (AvgIpc) is 3.27. The second kappa shape index (κ2) is 8.57. The molecular weight excluding hydrogens is 430 g/mol. The molecule has 4 heteroatoms. The van der Waals surface area contributed by atoms with Crippen molar-refractivity contribution >= 4 is 49.3 Å². The molecule has 1 heterocycles. The van der Waals surface area contributed by atoms with Gasteiger partial charge in [-0.15, -0.1) is 0 Å². The van der Waals surface area contributed by atoms with Gasteiger partial charge in [0.15, 0.2) is 0 Å². The number of aromatic amines is 1. The topological polar surface area (TPSA) is 84.9 Å². The molecule has 1 aromatic heterocycles. The minimum atomic E-state index is -0.396. The Bertz CT molecular complexity index is 1730. The molecule has 0 saturated carbocycles. The van der Waals surface area contributed by atoms with Gasteiger partial charge < -0.3 is 16.5 Å². The lowest BCUT2D eigenvalue weighted by molar-refractivity contribution is 0.100. The lowest BCUT2D eigenvalue weighted by Crippen LogP contribution is -2.17. The van der Waals surface area contributed by atoms with Crippen molar-refractivity contribution < 1.29 is 4.79 Å². The molecule has 0 spiro atoms. The fourth-order valence-corrected chi connectivity index (χ4v) is 5.45. The van der Waals surface area contributed by atoms with Gasteiger partial charge in [0.05, 0.1) is 0 Å². The summed E-state index contributed by atoms with van der Waals surface area (Å²) in [7, 11) is 0. The van der Waals surface area contributed by atoms with Gasteiger partial charge in [-0.3, -0.25) is 4.79 Å². The fraction of sp³-hybridized carbons (Fsp3) is 0.129. The standard InChI is InChI=1S/C18H17N.C13H10N2O/c19-18-7-3-6-14-16-9-8-12-4-1-2-5-13(12)15(16)10-11-17(14)18;14-13(16)8-5-6-12-10(7-8)9-3-1-2-4-11(9)15-12/h1-2,4-5,8-11,18H,3,6-7,19H2;1-7,15H,(H2,14,16). The van der Waals surface area contributed by atoms with E-state index >= 15 is 0 Å². The first-order valence-corrected chi connectivity index (χ1v) is 12.1. The largest absolute Gasteiger partial charge is 0.366 e. The first-order valence-electron chi connectivity index (χ1n) is 12.1. The maximum atomic E-state index is 11.1. The van der Waals surface area contributed by atoms with Crippen LogP contribution < -0.4 is 11.5 Å². The monoisotopic (exact) mass is 457 g/mol. The van der Waals surface area contributed by atoms with Crippen LogP contribution in [0.5, 0.6) is 0 Å². The third-order valence-corrected chi connectivity index (χ3v) is 7.21. The van der Waals surface area contributed by atoms with Crippen molar-refractivity contribution in [2.75, 3.05) is 0 Å². The zero-order chi connectivity index (χ0) is 23.9. The van der Waals surface area contributed by atoms with Gasteiger partial charge in [0.1, 0.15) is 0 Å². The van der Waals surface area contributed by atoms with Crippen LogP contribution in [0.2, 0.25) is 0 Å². The van der Waals surface area contributed by atoms with Gasteiger partial charge in [0.25, 0.3) is 0 Å². The van der Waals surface area contributed by atoms with Crippen LogP contribution in [0.4, 0.5) is 0 Å². The molecule has 35 heavy (non-hydrogen) atoms. The molecule has 0 aliphatic heterocycles. The Morgan fingerprint density at radius 1 is 0.743 bits per heavy atom. The highest BCUT2D eigenvalue weighted by Gasteiger charge is 2.19. The van der Waals surface area contributed by atoms with Crippen LogP contribution in [-0.2, 0) is 6.42 Å². The highest BCUT2D eigenvalue weighted by molar-refractivity contribution is 6.10. The number of amides is 1. The van der Waals surface area contributed by atoms with Gasteiger partial charge >= 0.3 is 0 Å². The molecule has 172 valence electrons. The lowest BCUT2D eigenvalue weighted by atomic mass is 9.84. The molecule has 1 amide bonds. The number of nitrogens with one attached hydrogen (secondary N) is 1. The molecule has 1 aliphatic carbocycles. The maximum Gasteiger partial charge on any atom is 0.248 e. The number of carbonyl (C=O) groups is 1. The van der Waals surface area contributed by atoms with Gasteiger partial charge in [-0.25, -0.2) is 0 Å². The predicted molar refractivity (Wildman–Crippen MR) is 146 cm³/mol. The molecule has 4 nitrogen and oxygen atoms in total. The van der Waals surface area contributed by atoms with E-state index < -0.39 is 5.91 Å². The molecule has 0 saturated heterocycles. The Hall–Kier alpha value is -4.15. The van der Waals surface area contributed by atoms with E-state index in [0.29, 0.717) is 5.56 Å². The number of hydrogen-bond donors (Lipinski definition) is 3. The van der Waals surface area contributed by atoms with Crippen molar-refractivity contribution in [3.8, 4) is 0 Å². The summed E-state index contributed by atoms with van der Waals surface area (Å²) in [4.78, 5) is 14.4. The number of fused-ring (bicyclic) bond motifs is 8. The van der Waals surface area contributed by atoms with Crippen LogP contribution in [0, 0.1) is 0 Å². The molecule has 0 bridgehead atoms. The van der Waals surface area contributed by atoms with Crippen LogP contribution >= 0.6 is 0 Å². The fourth-order valence-electron chi connectivity index (χ4n) is 5.45. The summed E-state index contributed by atoms with van der Waals surface area (Å²) in [5.41, 5.74) is 17.0. The quantitative estimate of drug-likeness (QED) is 0.239. The Labute approximate surface area is 203 Å². The summed E-state index contributed by atoms with van der Waals surface area (Å²) in [5.74, 6) is -0.396. The van der Waals surface area contributed by atoms with Crippen LogP contribution in [0.3, 0.4) is 0 Å². The first kappa shape index (κ1) is 21.4. The van der Waals surface area contributed by atoms with E-state index in [9.17, 15) is 4.79 Å². The number of benzene rings is 5. The van der Waals surface area contributed by atoms with E-state index in [4.69, 9.17) is 11.5 Å². The summed E-state index contributed by atoms with van der Waals surface area (Å²) in [6, 6.07) is 31.3. The lowest BCUT2D eigenvalue weighted by Gasteiger charge is -2.24. The van der Waals surface area contributed by atoms with Crippen LogP contribution in [0.15, 0.2) is 91.0 Å². The highest BCUT2D eigenvalue weighted by atomic mass is 16.1. The SMILES string of the molecule is NC(=O)c1ccc2[nH]c3ccccc3c2c1.NC1CCCc2c1ccc1c2ccc2ccccc21. The van der Waals surface area contributed by atoms with Gasteiger partial charge in [0.2, 0.25) is 5.91 Å². The van der Waals surface area contributed by atoms with Crippen LogP contribution in [0.1, 0.15) is 40.4 Å². The van der Waals surface area contributed by atoms with Crippen molar-refractivity contribution in [1.29, 1.82) is 0 Å². The summed E-state index contributed by atoms with van der Waals surface area (Å²) in [6.45, 7) is 0. The molecule has 1 aliphatic rings. The van der Waals surface area contributed by atoms with Crippen molar-refractivity contribution in [2.45, 2.75) is 25.3 Å². The minimum Gasteiger partial charge on any atom is -0.366 e. The van der Waals surface area contributed by atoms with Gasteiger partial charge in [-0.2, -0.15) is 0 Å². The highest BCUT2D eigenvalue weighted by Crippen LogP contribution is 2.36. The van der Waals surface area contributed by atoms with E-state index in [-0.39, 0.29) is 6.04 Å². The second-order valence-electron chi connectivity index (χ2n) is 9.31. The van der Waals surface area contributed by atoms with E-state index in [0.717, 1.165) is 28.2 Å². The Kier molecular flexibility index (Phi) is 5.24. The minimum absolute atomic E-state index is 0.222. The van der Waals surface area contributed by atoms with Crippen molar-refractivity contribution in [1.82, 2.24) is 4.98 Å². The number of H-pyrrole nitrogens is 1. The normalized spacial score (nSPS) is 15.2. The molecular formula is C31H27N3O. The number of primary amides is 1. The van der Waals surface area contributed by atoms with Gasteiger partial charge in [-0.1, -0.05) is 66.7 Å². The van der Waals surface area contributed by atoms with E-state index in [2.05, 4.69) is 53.5 Å². The summed E-state index contributed by atoms with van der Waals surface area (Å²) in [6.07, 6.45) is 3.49. The van der Waals surface area contributed by atoms with Crippen LogP contribution in [-0.4, -0.2) is 10.9 Å². The number of aromatic nitrogens is 1. The molecule has 6 aromatic rings. The molecule has 1 unspecified atom stereocenters. The summed E-state index contributed by atoms with van der Waals surface area (Å²) in [5, 5.41) is 7.57. The van der Waals surface area contributed by atoms with E-state index in [1.54, 1.807) is 6.07 Å². The summed E-state index contributed by atoms with van der Waals surface area (Å²) < 4.78 is 0. The predicted octanol–water partition coefficient (Wildman–Crippen LogP) is 6.75. The number of para-hydroxylation sites is 1. The molecule has 5 N–H and O–H groups in total. The molecule has 0 radical (unpaired) electrons. The van der Waals surface area contributed by atoms with Crippen LogP contribution in [0.25, 0.3) is 43.4 Å². The van der Waals surface area contributed by atoms with Gasteiger partial charge in [0, 0.05) is 33.4 Å². The van der Waals surface area contributed by atoms with E-state index in [1.807, 2.05) is 36.4 Å².